The number of nitrogens with zero attached hydrogens (tertiary/aromatic N) is 1. The molecule has 13 heteroatoms. The number of piperidine rings is 1. The second-order valence-corrected chi connectivity index (χ2v) is 15.1. The largest absolute Gasteiger partial charge is 0.480 e. The maximum atomic E-state index is 13.5. The van der Waals surface area contributed by atoms with Crippen LogP contribution in [0.5, 0.6) is 0 Å². The van der Waals surface area contributed by atoms with Crippen molar-refractivity contribution in [2.45, 2.75) is 155 Å². The van der Waals surface area contributed by atoms with Gasteiger partial charge in [0.1, 0.15) is 17.6 Å². The van der Waals surface area contributed by atoms with Crippen LogP contribution in [0.4, 0.5) is 4.79 Å². The summed E-state index contributed by atoms with van der Waals surface area (Å²) >= 11 is 0. The van der Waals surface area contributed by atoms with Gasteiger partial charge < -0.3 is 29.8 Å². The number of aliphatic carboxylic acids is 1. The Bertz CT molecular complexity index is 1090. The fourth-order valence-corrected chi connectivity index (χ4v) is 5.35. The molecule has 0 aromatic heterocycles. The quantitative estimate of drug-likeness (QED) is 0.173. The predicted octanol–water partition coefficient (Wildman–Crippen LogP) is 4.30. The highest BCUT2D eigenvalue weighted by atomic mass is 16.7. The van der Waals surface area contributed by atoms with E-state index in [0.29, 0.717) is 19.2 Å². The maximum absolute atomic E-state index is 13.5. The fraction of sp³-hybridized carbons (Fsp3) is 0.839. The first-order chi connectivity index (χ1) is 20.0. The van der Waals surface area contributed by atoms with E-state index < -0.39 is 65.1 Å². The zero-order valence-electron chi connectivity index (χ0n) is 28.7. The van der Waals surface area contributed by atoms with Gasteiger partial charge in [0, 0.05) is 6.54 Å². The molecule has 2 aliphatic heterocycles. The summed E-state index contributed by atoms with van der Waals surface area (Å²) in [6, 6.07) is -1.93. The lowest BCUT2D eigenvalue weighted by molar-refractivity contribution is -0.277. The lowest BCUT2D eigenvalue weighted by Crippen LogP contribution is -2.66. The van der Waals surface area contributed by atoms with E-state index in [1.165, 1.54) is 5.06 Å². The van der Waals surface area contributed by atoms with Gasteiger partial charge in [-0.3, -0.25) is 9.63 Å². The summed E-state index contributed by atoms with van der Waals surface area (Å²) in [5, 5.41) is 17.5. The van der Waals surface area contributed by atoms with Crippen molar-refractivity contribution in [2.75, 3.05) is 6.54 Å². The van der Waals surface area contributed by atoms with Crippen LogP contribution in [0.2, 0.25) is 6.32 Å². The van der Waals surface area contributed by atoms with Crippen molar-refractivity contribution < 1.29 is 43.2 Å². The van der Waals surface area contributed by atoms with Crippen molar-refractivity contribution >= 4 is 31.0 Å². The Morgan fingerprint density at radius 1 is 1.05 bits per heavy atom. The third-order valence-corrected chi connectivity index (χ3v) is 8.16. The fourth-order valence-electron chi connectivity index (χ4n) is 5.35. The van der Waals surface area contributed by atoms with Crippen molar-refractivity contribution in [3.8, 4) is 0 Å². The van der Waals surface area contributed by atoms with E-state index in [0.717, 1.165) is 0 Å². The molecule has 3 N–H and O–H groups in total. The third kappa shape index (κ3) is 9.30. The van der Waals surface area contributed by atoms with Crippen LogP contribution in [0, 0.1) is 5.92 Å². The van der Waals surface area contributed by atoms with Crippen molar-refractivity contribution in [1.29, 1.82) is 0 Å². The lowest BCUT2D eigenvalue weighted by Gasteiger charge is -2.48. The van der Waals surface area contributed by atoms with Crippen LogP contribution in [0.1, 0.15) is 109 Å². The van der Waals surface area contributed by atoms with Gasteiger partial charge >= 0.3 is 19.2 Å². The van der Waals surface area contributed by atoms with Crippen LogP contribution in [0.15, 0.2) is 5.57 Å². The highest BCUT2D eigenvalue weighted by molar-refractivity contribution is 6.45. The highest BCUT2D eigenvalue weighted by Gasteiger charge is 2.56. The Kier molecular flexibility index (Phi) is 11.9. The van der Waals surface area contributed by atoms with Crippen LogP contribution in [0.25, 0.3) is 0 Å². The van der Waals surface area contributed by atoms with E-state index in [-0.39, 0.29) is 30.9 Å². The highest BCUT2D eigenvalue weighted by Crippen LogP contribution is 2.41. The standard InChI is InChI=1S/C31H54BN3O9/c1-20(2)23(34-26(40)41-27(3,4)5)24(37)33-22-15-18-35(44-28(6,7)8)31(25(38)39,21(22)19-36)16-13-14-17-32-42-29(9,10)30(11,12)43-32/h20,22-23H,13-18H2,1-12H3,(H,33,37)(H,34,40)(H,38,39)/t22-,23+,31+/m0/s1. The first kappa shape index (κ1) is 37.8. The summed E-state index contributed by atoms with van der Waals surface area (Å²) in [5.74, 6) is -0.283. The van der Waals surface area contributed by atoms with Crippen molar-refractivity contribution in [3.05, 3.63) is 5.57 Å². The average Bonchev–Trinajstić information content (AvgIpc) is 3.04. The summed E-state index contributed by atoms with van der Waals surface area (Å²) in [5.41, 5.74) is -4.50. The molecule has 0 bridgehead atoms. The zero-order valence-corrected chi connectivity index (χ0v) is 28.7. The number of hydrogen-bond acceptors (Lipinski definition) is 9. The van der Waals surface area contributed by atoms with E-state index in [9.17, 15) is 24.3 Å². The molecule has 0 saturated carbocycles. The van der Waals surface area contributed by atoms with Gasteiger partial charge in [-0.25, -0.2) is 14.4 Å². The molecule has 0 unspecified atom stereocenters. The van der Waals surface area contributed by atoms with Gasteiger partial charge in [-0.2, -0.15) is 5.06 Å². The molecule has 2 aliphatic rings. The number of amides is 2. The van der Waals surface area contributed by atoms with Crippen LogP contribution < -0.4 is 10.6 Å². The van der Waals surface area contributed by atoms with Crippen LogP contribution >= 0.6 is 0 Å². The molecular weight excluding hydrogens is 569 g/mol. The number of alkyl carbamates (subject to hydrolysis) is 1. The number of rotatable bonds is 11. The van der Waals surface area contributed by atoms with Gasteiger partial charge in [0.15, 0.2) is 5.54 Å². The van der Waals surface area contributed by atoms with Crippen molar-refractivity contribution in [3.63, 3.8) is 0 Å². The van der Waals surface area contributed by atoms with E-state index in [4.69, 9.17) is 18.9 Å². The van der Waals surface area contributed by atoms with Crippen molar-refractivity contribution in [2.24, 2.45) is 5.92 Å². The molecule has 2 heterocycles. The van der Waals surface area contributed by atoms with Gasteiger partial charge in [0.2, 0.25) is 5.91 Å². The van der Waals surface area contributed by atoms with Crippen LogP contribution in [-0.2, 0) is 33.3 Å². The topological polar surface area (TPSA) is 153 Å². The Morgan fingerprint density at radius 2 is 1.61 bits per heavy atom. The minimum atomic E-state index is -1.88. The smallest absolute Gasteiger partial charge is 0.457 e. The molecule has 0 aromatic rings. The molecule has 0 spiro atoms. The molecule has 2 amide bonds. The van der Waals surface area contributed by atoms with E-state index in [2.05, 4.69) is 10.6 Å². The molecule has 2 saturated heterocycles. The summed E-state index contributed by atoms with van der Waals surface area (Å²) in [6.07, 6.45) is 0.975. The number of hydrogen-bond donors (Lipinski definition) is 3. The average molecular weight is 624 g/mol. The molecule has 2 rings (SSSR count). The van der Waals surface area contributed by atoms with Crippen LogP contribution in [0.3, 0.4) is 0 Å². The van der Waals surface area contributed by atoms with Gasteiger partial charge in [-0.15, -0.1) is 0 Å². The molecule has 0 aliphatic carbocycles. The van der Waals surface area contributed by atoms with Gasteiger partial charge in [-0.1, -0.05) is 26.7 Å². The second-order valence-electron chi connectivity index (χ2n) is 15.1. The van der Waals surface area contributed by atoms with E-state index in [1.807, 2.05) is 33.6 Å². The molecule has 250 valence electrons. The Labute approximate surface area is 263 Å². The van der Waals surface area contributed by atoms with E-state index in [1.54, 1.807) is 55.4 Å². The summed E-state index contributed by atoms with van der Waals surface area (Å²) in [7, 11) is -0.437. The number of nitrogens with one attached hydrogen (secondary N) is 2. The normalized spacial score (nSPS) is 24.5. The number of carboxylic acids is 1. The van der Waals surface area contributed by atoms with Gasteiger partial charge in [-0.05, 0) is 94.3 Å². The molecule has 44 heavy (non-hydrogen) atoms. The molecule has 3 atom stereocenters. The summed E-state index contributed by atoms with van der Waals surface area (Å²) in [4.78, 5) is 57.8. The molecule has 0 radical (unpaired) electrons. The predicted molar refractivity (Wildman–Crippen MR) is 166 cm³/mol. The Morgan fingerprint density at radius 3 is 2.07 bits per heavy atom. The SMILES string of the molecule is CC(C)[C@@H](NC(=O)OC(C)(C)C)C(=O)N[C@H]1CCN(OC(C)(C)C)[C@@](CCCCB2OC(C)(C)C(C)(C)O2)(C(=O)O)C1=C=O. The summed E-state index contributed by atoms with van der Waals surface area (Å²) in [6.45, 7) is 22.1. The molecule has 12 nitrogen and oxygen atoms in total. The molecule has 0 aromatic carbocycles. The molecule has 2 fully saturated rings. The minimum Gasteiger partial charge on any atom is -0.480 e. The zero-order chi connectivity index (χ0) is 33.9. The minimum absolute atomic E-state index is 0.0264. The Hall–Kier alpha value is -2.44. The first-order valence-corrected chi connectivity index (χ1v) is 15.6. The number of ether oxygens (including phenoxy) is 1. The Balaban J connectivity index is 2.31. The van der Waals surface area contributed by atoms with Gasteiger partial charge in [0.05, 0.1) is 28.4 Å². The number of carbonyl (C=O) groups is 3. The van der Waals surface area contributed by atoms with Crippen molar-refractivity contribution in [1.82, 2.24) is 15.7 Å². The number of unbranched alkanes of at least 4 members (excludes halogenated alkanes) is 1. The lowest BCUT2D eigenvalue weighted by atomic mass is 9.75. The first-order valence-electron chi connectivity index (χ1n) is 15.6. The van der Waals surface area contributed by atoms with Crippen LogP contribution in [-0.4, -0.2) is 87.8 Å². The number of carboxylic acid groups (broad SMARTS) is 1. The van der Waals surface area contributed by atoms with E-state index >= 15 is 0 Å². The second kappa shape index (κ2) is 13.9. The summed E-state index contributed by atoms with van der Waals surface area (Å²) < 4.78 is 17.5. The van der Waals surface area contributed by atoms with Gasteiger partial charge in [0.25, 0.3) is 0 Å². The maximum Gasteiger partial charge on any atom is 0.457 e. The third-order valence-electron chi connectivity index (χ3n) is 8.16. The molecular formula is C31H54BN3O9. The monoisotopic (exact) mass is 623 g/mol. The number of hydroxylamine groups is 2. The number of carbonyl (C=O) groups excluding carboxylic acids is 3.